The van der Waals surface area contributed by atoms with Crippen molar-refractivity contribution < 1.29 is 33.8 Å². The van der Waals surface area contributed by atoms with Gasteiger partial charge in [0.2, 0.25) is 0 Å². The first-order chi connectivity index (χ1) is 23.4. The maximum atomic E-state index is 12.6. The third kappa shape index (κ3) is 10.6. The number of ether oxygens (including phenoxy) is 1. The number of cyclic esters (lactones) is 1. The molecule has 1 amide bonds. The van der Waals surface area contributed by atoms with Crippen molar-refractivity contribution in [2.45, 2.75) is 57.0 Å². The van der Waals surface area contributed by atoms with Crippen molar-refractivity contribution >= 4 is 64.3 Å². The summed E-state index contributed by atoms with van der Waals surface area (Å²) >= 11 is 4.34. The molecule has 1 heterocycles. The molecule has 5 rings (SSSR count). The Bertz CT molecular complexity index is 1580. The van der Waals surface area contributed by atoms with Crippen LogP contribution in [0.2, 0.25) is 10.1 Å². The van der Waals surface area contributed by atoms with Crippen LogP contribution >= 0.6 is 39.5 Å². The molecule has 5 nitrogen and oxygen atoms in total. The number of rotatable bonds is 12. The van der Waals surface area contributed by atoms with Crippen molar-refractivity contribution in [3.8, 4) is 0 Å². The number of carbonyl (C=O) groups is 1. The van der Waals surface area contributed by atoms with Gasteiger partial charge in [0, 0.05) is 11.6 Å². The number of carbonyl (C=O) groups excluding carboxylic acids is 1. The van der Waals surface area contributed by atoms with Gasteiger partial charge >= 0.3 is 48.7 Å². The number of aliphatic hydroxyl groups is 1. The van der Waals surface area contributed by atoms with Crippen LogP contribution in [0.1, 0.15) is 63.1 Å². The standard InChI is InChI=1S/C38H42ClNO4Si.3ClH.Ti/c1-38(2,3)45(33-17-9-5-10-18-33,34-19-11-6-12-20-34)44-27-26-29(30-22-24-32(39)25-23-30)16-13-21-36(41)40-35(28-43-37(40)42)31-14-7-4-8-15-31;;;;/h4-12,14-15,17-25,29,35,41H,13,16,26-28H2,1-3H3;3*1H;/q;;;;+3/p-3/b36-21+;;;;/t29-,35-;;;;/m1..../s1. The van der Waals surface area contributed by atoms with Crippen LogP contribution in [0.15, 0.2) is 127 Å². The van der Waals surface area contributed by atoms with Crippen molar-refractivity contribution in [1.29, 1.82) is 0 Å². The first-order valence-electron chi connectivity index (χ1n) is 16.2. The SMILES string of the molecule is CC(C)(C)[Si](OCC[C@@H](CC/C=C(/O)N1C(=O)OC[C@@H]1c1ccccc1)c1ccc(Cl)cc1)(c1ccccc1)c1ccccc1.[Cl][Ti]([Cl])[Cl]. The van der Waals surface area contributed by atoms with E-state index in [1.165, 1.54) is 20.8 Å². The van der Waals surface area contributed by atoms with E-state index < -0.39 is 29.1 Å². The van der Waals surface area contributed by atoms with Gasteiger partial charge in [0.05, 0.1) is 0 Å². The molecule has 0 aliphatic carbocycles. The van der Waals surface area contributed by atoms with Crippen molar-refractivity contribution in [3.63, 3.8) is 0 Å². The molecule has 4 aromatic rings. The summed E-state index contributed by atoms with van der Waals surface area (Å²) in [5.41, 5.74) is 2.09. The Hall–Kier alpha value is -2.26. The van der Waals surface area contributed by atoms with Crippen molar-refractivity contribution in [2.24, 2.45) is 0 Å². The van der Waals surface area contributed by atoms with Crippen LogP contribution in [-0.2, 0) is 23.9 Å². The number of hydrogen-bond donors (Lipinski definition) is 1. The normalized spacial score (nSPS) is 15.7. The zero-order valence-electron chi connectivity index (χ0n) is 27.9. The van der Waals surface area contributed by atoms with Crippen molar-refractivity contribution in [1.82, 2.24) is 4.90 Å². The number of nitrogens with zero attached hydrogens (tertiary/aromatic N) is 1. The molecule has 2 atom stereocenters. The molecular formula is C38H42Cl4NO4SiTi. The Balaban J connectivity index is 0.00000128. The summed E-state index contributed by atoms with van der Waals surface area (Å²) in [5.74, 6) is 0.0738. The first-order valence-corrected chi connectivity index (χ1v) is 24.9. The summed E-state index contributed by atoms with van der Waals surface area (Å²) in [4.78, 5) is 13.9. The molecule has 1 N–H and O–H groups in total. The summed E-state index contributed by atoms with van der Waals surface area (Å²) in [6.07, 6.45) is 3.32. The molecular weight excluding hydrogens is 752 g/mol. The van der Waals surface area contributed by atoms with E-state index in [2.05, 4.69) is 93.6 Å². The second-order valence-corrected chi connectivity index (χ2v) is 25.3. The van der Waals surface area contributed by atoms with E-state index in [9.17, 15) is 9.90 Å². The number of benzene rings is 4. The van der Waals surface area contributed by atoms with E-state index in [4.69, 9.17) is 48.7 Å². The average Bonchev–Trinajstić information content (AvgIpc) is 3.48. The van der Waals surface area contributed by atoms with E-state index in [0.717, 1.165) is 18.4 Å². The molecule has 0 spiro atoms. The Morgan fingerprint density at radius 1 is 0.898 bits per heavy atom. The van der Waals surface area contributed by atoms with Crippen LogP contribution in [0.3, 0.4) is 0 Å². The number of amides is 1. The van der Waals surface area contributed by atoms with E-state index in [1.54, 1.807) is 6.08 Å². The molecule has 259 valence electrons. The van der Waals surface area contributed by atoms with Crippen LogP contribution in [0, 0.1) is 0 Å². The van der Waals surface area contributed by atoms with Crippen LogP contribution in [0.5, 0.6) is 0 Å². The number of aliphatic hydroxyl groups excluding tert-OH is 1. The molecule has 49 heavy (non-hydrogen) atoms. The van der Waals surface area contributed by atoms with Gasteiger partial charge < -0.3 is 14.3 Å². The van der Waals surface area contributed by atoms with Crippen LogP contribution in [0.25, 0.3) is 0 Å². The Morgan fingerprint density at radius 2 is 1.41 bits per heavy atom. The number of allylic oxidation sites excluding steroid dienone is 1. The molecule has 0 bridgehead atoms. The fourth-order valence-corrected chi connectivity index (χ4v) is 11.1. The van der Waals surface area contributed by atoms with Gasteiger partial charge in [-0.05, 0) is 69.9 Å². The number of hydrogen-bond acceptors (Lipinski definition) is 4. The van der Waals surface area contributed by atoms with Gasteiger partial charge in [0.25, 0.3) is 8.32 Å². The molecule has 0 saturated carbocycles. The predicted molar refractivity (Wildman–Crippen MR) is 202 cm³/mol. The van der Waals surface area contributed by atoms with Gasteiger partial charge in [-0.15, -0.1) is 0 Å². The molecule has 0 unspecified atom stereocenters. The monoisotopic (exact) mass is 792 g/mol. The van der Waals surface area contributed by atoms with Gasteiger partial charge in [-0.3, -0.25) is 0 Å². The Labute approximate surface area is 314 Å². The third-order valence-electron chi connectivity index (χ3n) is 8.69. The second kappa shape index (κ2) is 18.8. The van der Waals surface area contributed by atoms with Crippen LogP contribution < -0.4 is 10.4 Å². The van der Waals surface area contributed by atoms with Gasteiger partial charge in [-0.25, -0.2) is 9.69 Å². The van der Waals surface area contributed by atoms with E-state index in [1.807, 2.05) is 42.5 Å². The molecule has 0 aromatic heterocycles. The van der Waals surface area contributed by atoms with E-state index in [-0.39, 0.29) is 29.5 Å². The molecule has 1 fully saturated rings. The summed E-state index contributed by atoms with van der Waals surface area (Å²) < 4.78 is 12.5. The fourth-order valence-electron chi connectivity index (χ4n) is 6.44. The Morgan fingerprint density at radius 3 is 1.92 bits per heavy atom. The molecule has 0 radical (unpaired) electrons. The maximum absolute atomic E-state index is 12.6. The molecule has 1 aliphatic heterocycles. The van der Waals surface area contributed by atoms with Gasteiger partial charge in [-0.2, -0.15) is 0 Å². The topological polar surface area (TPSA) is 59.0 Å². The Kier molecular flexibility index (Phi) is 15.2. The minimum atomic E-state index is -2.67. The molecule has 4 aromatic carbocycles. The third-order valence-corrected chi connectivity index (χ3v) is 14.0. The summed E-state index contributed by atoms with van der Waals surface area (Å²) in [6, 6.07) is 38.6. The van der Waals surface area contributed by atoms with E-state index >= 15 is 0 Å². The average molecular weight is 795 g/mol. The molecule has 1 saturated heterocycles. The van der Waals surface area contributed by atoms with Gasteiger partial charge in [0.1, 0.15) is 12.6 Å². The first kappa shape index (κ1) is 39.5. The second-order valence-electron chi connectivity index (χ2n) is 12.8. The molecule has 1 aliphatic rings. The van der Waals surface area contributed by atoms with Gasteiger partial charge in [-0.1, -0.05) is 136 Å². The minimum absolute atomic E-state index is 0.0789. The quantitative estimate of drug-likeness (QED) is 0.115. The summed E-state index contributed by atoms with van der Waals surface area (Å²) in [7, 11) is 12.2. The van der Waals surface area contributed by atoms with Crippen LogP contribution in [0.4, 0.5) is 4.79 Å². The van der Waals surface area contributed by atoms with E-state index in [0.29, 0.717) is 18.1 Å². The fraction of sp³-hybridized carbons (Fsp3) is 0.289. The van der Waals surface area contributed by atoms with Crippen molar-refractivity contribution in [2.75, 3.05) is 13.2 Å². The summed E-state index contributed by atoms with van der Waals surface area (Å²) in [5, 5.41) is 14.1. The number of halogens is 4. The van der Waals surface area contributed by atoms with Gasteiger partial charge in [0.15, 0.2) is 5.88 Å². The zero-order valence-corrected chi connectivity index (χ0v) is 33.5. The molecule has 11 heteroatoms. The zero-order chi connectivity index (χ0) is 35.4. The summed E-state index contributed by atoms with van der Waals surface area (Å²) in [6.45, 7) is 7.64. The van der Waals surface area contributed by atoms with Crippen LogP contribution in [-0.4, -0.2) is 37.6 Å². The predicted octanol–water partition coefficient (Wildman–Crippen LogP) is 10.8. The van der Waals surface area contributed by atoms with Crippen molar-refractivity contribution in [3.05, 3.63) is 143 Å².